The van der Waals surface area contributed by atoms with Gasteiger partial charge in [-0.25, -0.2) is 13.2 Å². The van der Waals surface area contributed by atoms with Crippen LogP contribution in [0.25, 0.3) is 11.6 Å². The van der Waals surface area contributed by atoms with Crippen LogP contribution in [0.1, 0.15) is 37.2 Å². The van der Waals surface area contributed by atoms with Gasteiger partial charge in [-0.2, -0.15) is 4.31 Å². The molecule has 250 valence electrons. The summed E-state index contributed by atoms with van der Waals surface area (Å²) in [5.41, 5.74) is 2.03. The number of nitrogens with one attached hydrogen (secondary N) is 2. The van der Waals surface area contributed by atoms with Crippen LogP contribution in [0, 0.1) is 11.8 Å². The fourth-order valence-corrected chi connectivity index (χ4v) is 7.82. The van der Waals surface area contributed by atoms with Crippen molar-refractivity contribution in [2.45, 2.75) is 56.1 Å². The summed E-state index contributed by atoms with van der Waals surface area (Å²) >= 11 is 0. The summed E-state index contributed by atoms with van der Waals surface area (Å²) in [6.45, 7) is 4.32. The summed E-state index contributed by atoms with van der Waals surface area (Å²) in [5, 5.41) is 17.2. The lowest BCUT2D eigenvalue weighted by molar-refractivity contribution is -0.110. The van der Waals surface area contributed by atoms with Crippen molar-refractivity contribution in [1.82, 2.24) is 9.62 Å². The quantitative estimate of drug-likeness (QED) is 0.244. The molecule has 3 aliphatic heterocycles. The Morgan fingerprint density at radius 1 is 1.13 bits per heavy atom. The predicted octanol–water partition coefficient (Wildman–Crippen LogP) is 3.88. The second-order valence-corrected chi connectivity index (χ2v) is 14.4. The minimum absolute atomic E-state index is 0.0347. The number of hydrogen-bond donors (Lipinski definition) is 3. The monoisotopic (exact) mass is 665 g/mol. The van der Waals surface area contributed by atoms with Gasteiger partial charge in [0.1, 0.15) is 11.9 Å². The number of hydrogen-bond acceptors (Lipinski definition) is 9. The van der Waals surface area contributed by atoms with Crippen LogP contribution in [0.15, 0.2) is 76.2 Å². The summed E-state index contributed by atoms with van der Waals surface area (Å²) < 4.78 is 51.8. The highest BCUT2D eigenvalue weighted by Crippen LogP contribution is 2.36. The zero-order valence-electron chi connectivity index (χ0n) is 26.2. The van der Waals surface area contributed by atoms with Crippen LogP contribution in [0.3, 0.4) is 0 Å². The number of sulfonamides is 1. The first-order valence-electron chi connectivity index (χ1n) is 15.7. The van der Waals surface area contributed by atoms with Gasteiger partial charge in [-0.15, -0.1) is 0 Å². The van der Waals surface area contributed by atoms with Crippen molar-refractivity contribution in [3.05, 3.63) is 83.8 Å². The molecule has 12 nitrogen and oxygen atoms in total. The molecule has 47 heavy (non-hydrogen) atoms. The van der Waals surface area contributed by atoms with Gasteiger partial charge in [0.25, 0.3) is 5.91 Å². The number of amides is 2. The summed E-state index contributed by atoms with van der Waals surface area (Å²) in [6.07, 6.45) is 1.09. The minimum atomic E-state index is -4.17. The van der Waals surface area contributed by atoms with E-state index >= 15 is 0 Å². The van der Waals surface area contributed by atoms with Crippen molar-refractivity contribution in [2.24, 2.45) is 11.8 Å². The molecule has 3 aliphatic rings. The number of aliphatic hydroxyl groups is 1. The Labute approximate surface area is 273 Å². The standard InChI is InChI=1S/C34H39N3O9S/c1-21(2)18-37(47(41,42)24-10-11-28-26(17-24)27(32(39)35-28)16-23-9-6-13-43-23)19-30(38)29(15-22-7-4-3-5-8-22)36-34(40)46-31-20-45-33-25(31)12-14-44-33/h3-11,13,16-17,21,25,29-31,33,38H,12,14-15,18-20H2,1-2H3,(H,35,39)(H,36,40)/b27-16-. The number of carbonyl (C=O) groups is 2. The SMILES string of the molecule is CC(C)CN(CC(O)C(Cc1ccccc1)NC(=O)OC1COC2OCCC12)S(=O)(=O)c1ccc2c(c1)/C(=C/c1ccco1)C(=O)N2. The van der Waals surface area contributed by atoms with Crippen molar-refractivity contribution in [1.29, 1.82) is 0 Å². The average Bonchev–Trinajstić information content (AvgIpc) is 3.84. The first-order valence-corrected chi connectivity index (χ1v) is 17.2. The Bertz CT molecular complexity index is 1710. The van der Waals surface area contributed by atoms with Crippen LogP contribution < -0.4 is 10.6 Å². The highest BCUT2D eigenvalue weighted by molar-refractivity contribution is 7.89. The van der Waals surface area contributed by atoms with E-state index in [0.717, 1.165) is 5.56 Å². The first-order chi connectivity index (χ1) is 22.6. The second kappa shape index (κ2) is 14.0. The Kier molecular flexibility index (Phi) is 9.80. The molecular formula is C34H39N3O9S. The maximum absolute atomic E-state index is 14.2. The molecule has 4 heterocycles. The van der Waals surface area contributed by atoms with E-state index < -0.39 is 40.7 Å². The molecule has 3 N–H and O–H groups in total. The van der Waals surface area contributed by atoms with Gasteiger partial charge >= 0.3 is 6.09 Å². The molecule has 13 heteroatoms. The number of fused-ring (bicyclic) bond motifs is 2. The summed E-state index contributed by atoms with van der Waals surface area (Å²) in [6, 6.07) is 16.3. The molecule has 2 aromatic carbocycles. The van der Waals surface area contributed by atoms with E-state index in [2.05, 4.69) is 10.6 Å². The Morgan fingerprint density at radius 2 is 1.94 bits per heavy atom. The molecule has 2 saturated heterocycles. The summed E-state index contributed by atoms with van der Waals surface area (Å²) in [7, 11) is -4.17. The third-order valence-corrected chi connectivity index (χ3v) is 10.3. The number of alkyl carbamates (subject to hydrolysis) is 1. The average molecular weight is 666 g/mol. The van der Waals surface area contributed by atoms with Crippen molar-refractivity contribution in [2.75, 3.05) is 31.6 Å². The van der Waals surface area contributed by atoms with Crippen molar-refractivity contribution in [3.8, 4) is 0 Å². The molecule has 5 atom stereocenters. The molecule has 0 saturated carbocycles. The normalized spacial score (nSPS) is 22.7. The number of anilines is 1. The number of carbonyl (C=O) groups excluding carboxylic acids is 2. The molecular weight excluding hydrogens is 626 g/mol. The zero-order valence-corrected chi connectivity index (χ0v) is 27.0. The van der Waals surface area contributed by atoms with E-state index in [1.165, 1.54) is 22.7 Å². The van der Waals surface area contributed by atoms with Crippen molar-refractivity contribution in [3.63, 3.8) is 0 Å². The molecule has 0 bridgehead atoms. The zero-order chi connectivity index (χ0) is 33.1. The van der Waals surface area contributed by atoms with Crippen molar-refractivity contribution >= 4 is 39.4 Å². The van der Waals surface area contributed by atoms with Gasteiger partial charge in [0.15, 0.2) is 6.29 Å². The summed E-state index contributed by atoms with van der Waals surface area (Å²) in [4.78, 5) is 25.8. The van der Waals surface area contributed by atoms with Crippen LogP contribution in [0.5, 0.6) is 0 Å². The van der Waals surface area contributed by atoms with Crippen LogP contribution in [-0.4, -0.2) is 80.7 Å². The van der Waals surface area contributed by atoms with Gasteiger partial charge < -0.3 is 34.4 Å². The first kappa shape index (κ1) is 32.9. The molecule has 3 aromatic rings. The third kappa shape index (κ3) is 7.44. The van der Waals surface area contributed by atoms with E-state index in [4.69, 9.17) is 18.6 Å². The van der Waals surface area contributed by atoms with Gasteiger partial charge in [-0.05, 0) is 60.7 Å². The number of aliphatic hydroxyl groups excluding tert-OH is 1. The maximum atomic E-state index is 14.2. The smallest absolute Gasteiger partial charge is 0.407 e. The van der Waals surface area contributed by atoms with Gasteiger partial charge in [0.05, 0.1) is 48.0 Å². The molecule has 2 amide bonds. The van der Waals surface area contributed by atoms with Gasteiger partial charge in [-0.1, -0.05) is 44.2 Å². The number of rotatable bonds is 12. The molecule has 1 aromatic heterocycles. The highest BCUT2D eigenvalue weighted by Gasteiger charge is 2.44. The highest BCUT2D eigenvalue weighted by atomic mass is 32.2. The molecule has 5 unspecified atom stereocenters. The molecule has 6 rings (SSSR count). The topological polar surface area (TPSA) is 157 Å². The Morgan fingerprint density at radius 3 is 2.68 bits per heavy atom. The van der Waals surface area contributed by atoms with Gasteiger partial charge in [-0.3, -0.25) is 4.79 Å². The van der Waals surface area contributed by atoms with Crippen LogP contribution >= 0.6 is 0 Å². The predicted molar refractivity (Wildman–Crippen MR) is 172 cm³/mol. The molecule has 0 aliphatic carbocycles. The van der Waals surface area contributed by atoms with Gasteiger partial charge in [0, 0.05) is 24.3 Å². The molecule has 0 spiro atoms. The van der Waals surface area contributed by atoms with E-state index in [0.29, 0.717) is 30.0 Å². The fraction of sp³-hybridized carbons (Fsp3) is 0.412. The van der Waals surface area contributed by atoms with Gasteiger partial charge in [0.2, 0.25) is 10.0 Å². The molecule has 0 radical (unpaired) electrons. The number of furan rings is 1. The van der Waals surface area contributed by atoms with Crippen molar-refractivity contribution < 1.29 is 41.7 Å². The number of benzene rings is 2. The summed E-state index contributed by atoms with van der Waals surface area (Å²) in [5.74, 6) is -0.0638. The number of nitrogens with zero attached hydrogens (tertiary/aromatic N) is 1. The van der Waals surface area contributed by atoms with E-state index in [1.54, 1.807) is 24.3 Å². The lowest BCUT2D eigenvalue weighted by Gasteiger charge is -2.31. The molecule has 2 fully saturated rings. The van der Waals surface area contributed by atoms with E-state index in [-0.39, 0.29) is 54.3 Å². The maximum Gasteiger partial charge on any atom is 0.407 e. The van der Waals surface area contributed by atoms with Crippen LogP contribution in [0.2, 0.25) is 0 Å². The second-order valence-electron chi connectivity index (χ2n) is 12.4. The largest absolute Gasteiger partial charge is 0.465 e. The lowest BCUT2D eigenvalue weighted by atomic mass is 10.0. The minimum Gasteiger partial charge on any atom is -0.465 e. The number of ether oxygens (including phenoxy) is 3. The van der Waals surface area contributed by atoms with E-state index in [9.17, 15) is 23.1 Å². The Balaban J connectivity index is 1.23. The Hall–Kier alpha value is -4.01. The van der Waals surface area contributed by atoms with E-state index in [1.807, 2.05) is 44.2 Å². The lowest BCUT2D eigenvalue weighted by Crippen LogP contribution is -2.51. The fourth-order valence-electron chi connectivity index (χ4n) is 6.17. The van der Waals surface area contributed by atoms with Crippen LogP contribution in [0.4, 0.5) is 10.5 Å². The third-order valence-electron chi connectivity index (χ3n) is 8.51. The van der Waals surface area contributed by atoms with Crippen LogP contribution in [-0.2, 0) is 35.4 Å².